The fourth-order valence-corrected chi connectivity index (χ4v) is 2.51. The Balaban J connectivity index is 2.64. The van der Waals surface area contributed by atoms with Crippen LogP contribution in [0.2, 0.25) is 0 Å². The van der Waals surface area contributed by atoms with Gasteiger partial charge >= 0.3 is 12.1 Å². The van der Waals surface area contributed by atoms with Crippen LogP contribution in [0.25, 0.3) is 0 Å². The third kappa shape index (κ3) is 3.87. The fourth-order valence-electron chi connectivity index (χ4n) is 2.51. The van der Waals surface area contributed by atoms with Gasteiger partial charge in [0.25, 0.3) is 0 Å². The molecule has 2 unspecified atom stereocenters. The lowest BCUT2D eigenvalue weighted by Gasteiger charge is -2.27. The zero-order valence-electron chi connectivity index (χ0n) is 11.9. The number of alkyl halides is 3. The van der Waals surface area contributed by atoms with Crippen LogP contribution in [-0.2, 0) is 9.59 Å². The van der Waals surface area contributed by atoms with Crippen molar-refractivity contribution in [3.8, 4) is 0 Å². The highest BCUT2D eigenvalue weighted by Crippen LogP contribution is 2.45. The molecule has 122 valence electrons. The number of aliphatic carboxylic acids is 1. The summed E-state index contributed by atoms with van der Waals surface area (Å²) in [5.41, 5.74) is 2.56. The largest absolute Gasteiger partial charge is 0.481 e. The van der Waals surface area contributed by atoms with Crippen molar-refractivity contribution in [1.29, 1.82) is 0 Å². The molecule has 0 bridgehead atoms. The molecule has 5 nitrogen and oxygen atoms in total. The molecule has 1 aliphatic rings. The average Bonchev–Trinajstić information content (AvgIpc) is 2.82. The van der Waals surface area contributed by atoms with Gasteiger partial charge in [-0.25, -0.2) is 0 Å². The van der Waals surface area contributed by atoms with Crippen LogP contribution >= 0.6 is 0 Å². The van der Waals surface area contributed by atoms with Gasteiger partial charge in [-0.05, 0) is 31.7 Å². The molecule has 1 fully saturated rings. The average molecular weight is 310 g/mol. The molecule has 0 aromatic rings. The van der Waals surface area contributed by atoms with E-state index in [1.165, 1.54) is 0 Å². The molecule has 1 aliphatic heterocycles. The lowest BCUT2D eigenvalue weighted by Crippen LogP contribution is -2.47. The molecular weight excluding hydrogens is 289 g/mol. The lowest BCUT2D eigenvalue weighted by molar-refractivity contribution is -0.227. The Morgan fingerprint density at radius 2 is 2.00 bits per heavy atom. The summed E-state index contributed by atoms with van der Waals surface area (Å²) >= 11 is 0. The van der Waals surface area contributed by atoms with Crippen molar-refractivity contribution < 1.29 is 27.9 Å². The summed E-state index contributed by atoms with van der Waals surface area (Å²) in [6.45, 7) is 1.45. The van der Waals surface area contributed by atoms with Crippen molar-refractivity contribution in [2.45, 2.75) is 38.8 Å². The Labute approximate surface area is 121 Å². The maximum absolute atomic E-state index is 13.0. The Bertz CT molecular complexity index is 401. The van der Waals surface area contributed by atoms with E-state index in [1.54, 1.807) is 0 Å². The molecule has 0 radical (unpaired) electrons. The summed E-state index contributed by atoms with van der Waals surface area (Å²) < 4.78 is 39.0. The summed E-state index contributed by atoms with van der Waals surface area (Å²) in [6, 6.07) is 0. The second kappa shape index (κ2) is 6.64. The van der Waals surface area contributed by atoms with Crippen LogP contribution in [0.15, 0.2) is 0 Å². The van der Waals surface area contributed by atoms with Crippen molar-refractivity contribution in [2.75, 3.05) is 19.6 Å². The fraction of sp³-hybridized carbons (Fsp3) is 0.846. The first kappa shape index (κ1) is 17.7. The molecule has 2 atom stereocenters. The number of rotatable bonds is 6. The van der Waals surface area contributed by atoms with Gasteiger partial charge in [-0.2, -0.15) is 13.2 Å². The van der Waals surface area contributed by atoms with E-state index in [1.807, 2.05) is 6.92 Å². The second-order valence-electron chi connectivity index (χ2n) is 5.67. The van der Waals surface area contributed by atoms with Crippen LogP contribution in [0.3, 0.4) is 0 Å². The SMILES string of the molecule is CC(CCN)CCC(=O)N1CCC(C(=O)O)(C(F)(F)F)C1. The summed E-state index contributed by atoms with van der Waals surface area (Å²) in [4.78, 5) is 24.0. The van der Waals surface area contributed by atoms with E-state index in [9.17, 15) is 22.8 Å². The zero-order valence-corrected chi connectivity index (χ0v) is 11.9. The molecule has 0 spiro atoms. The van der Waals surface area contributed by atoms with Gasteiger partial charge in [-0.1, -0.05) is 6.92 Å². The first-order valence-corrected chi connectivity index (χ1v) is 6.92. The predicted molar refractivity (Wildman–Crippen MR) is 69.4 cm³/mol. The minimum absolute atomic E-state index is 0.120. The second-order valence-corrected chi connectivity index (χ2v) is 5.67. The normalized spacial score (nSPS) is 24.1. The van der Waals surface area contributed by atoms with E-state index in [0.29, 0.717) is 13.0 Å². The van der Waals surface area contributed by atoms with E-state index >= 15 is 0 Å². The summed E-state index contributed by atoms with van der Waals surface area (Å²) in [7, 11) is 0. The summed E-state index contributed by atoms with van der Waals surface area (Å²) in [5, 5.41) is 8.92. The molecule has 0 aromatic heterocycles. The maximum atomic E-state index is 13.0. The zero-order chi connectivity index (χ0) is 16.3. The van der Waals surface area contributed by atoms with Crippen LogP contribution in [0, 0.1) is 11.3 Å². The van der Waals surface area contributed by atoms with Crippen molar-refractivity contribution in [2.24, 2.45) is 17.1 Å². The highest BCUT2D eigenvalue weighted by molar-refractivity contribution is 5.81. The number of halogens is 3. The molecule has 21 heavy (non-hydrogen) atoms. The molecule has 0 aromatic carbocycles. The molecule has 8 heteroatoms. The predicted octanol–water partition coefficient (Wildman–Crippen LogP) is 1.62. The molecule has 0 aliphatic carbocycles. The number of carboxylic acid groups (broad SMARTS) is 1. The monoisotopic (exact) mass is 310 g/mol. The van der Waals surface area contributed by atoms with E-state index in [2.05, 4.69) is 0 Å². The third-order valence-electron chi connectivity index (χ3n) is 4.08. The molecule has 3 N–H and O–H groups in total. The molecule has 1 saturated heterocycles. The molecular formula is C13H21F3N2O3. The van der Waals surface area contributed by atoms with Gasteiger partial charge < -0.3 is 15.7 Å². The minimum Gasteiger partial charge on any atom is -0.481 e. The van der Waals surface area contributed by atoms with E-state index < -0.39 is 36.4 Å². The highest BCUT2D eigenvalue weighted by atomic mass is 19.4. The number of hydrogen-bond acceptors (Lipinski definition) is 3. The van der Waals surface area contributed by atoms with Crippen LogP contribution in [0.1, 0.15) is 32.6 Å². The van der Waals surface area contributed by atoms with E-state index in [-0.39, 0.29) is 18.9 Å². The number of likely N-dealkylation sites (tertiary alicyclic amines) is 1. The summed E-state index contributed by atoms with van der Waals surface area (Å²) in [5.74, 6) is -2.12. The minimum atomic E-state index is -4.86. The van der Waals surface area contributed by atoms with Gasteiger partial charge in [0.2, 0.25) is 5.91 Å². The number of nitrogens with two attached hydrogens (primary N) is 1. The highest BCUT2D eigenvalue weighted by Gasteiger charge is 2.64. The third-order valence-corrected chi connectivity index (χ3v) is 4.08. The van der Waals surface area contributed by atoms with E-state index in [4.69, 9.17) is 10.8 Å². The van der Waals surface area contributed by atoms with Gasteiger partial charge in [0.05, 0.1) is 0 Å². The first-order valence-electron chi connectivity index (χ1n) is 6.92. The summed E-state index contributed by atoms with van der Waals surface area (Å²) in [6.07, 6.45) is -4.04. The number of nitrogens with zero attached hydrogens (tertiary/aromatic N) is 1. The van der Waals surface area contributed by atoms with Crippen molar-refractivity contribution in [3.05, 3.63) is 0 Å². The van der Waals surface area contributed by atoms with Crippen LogP contribution in [0.4, 0.5) is 13.2 Å². The Hall–Kier alpha value is -1.31. The topological polar surface area (TPSA) is 83.6 Å². The molecule has 1 heterocycles. The number of carboxylic acids is 1. The molecule has 1 rings (SSSR count). The van der Waals surface area contributed by atoms with Gasteiger partial charge in [0, 0.05) is 19.5 Å². The number of carbonyl (C=O) groups excluding carboxylic acids is 1. The lowest BCUT2D eigenvalue weighted by atomic mass is 9.86. The van der Waals surface area contributed by atoms with Gasteiger partial charge in [0.15, 0.2) is 5.41 Å². The Morgan fingerprint density at radius 3 is 2.43 bits per heavy atom. The smallest absolute Gasteiger partial charge is 0.406 e. The van der Waals surface area contributed by atoms with Gasteiger partial charge in [-0.15, -0.1) is 0 Å². The van der Waals surface area contributed by atoms with Crippen molar-refractivity contribution >= 4 is 11.9 Å². The number of amides is 1. The van der Waals surface area contributed by atoms with E-state index in [0.717, 1.165) is 11.3 Å². The number of carbonyl (C=O) groups is 2. The van der Waals surface area contributed by atoms with Gasteiger partial charge in [0.1, 0.15) is 0 Å². The molecule has 1 amide bonds. The van der Waals surface area contributed by atoms with Crippen molar-refractivity contribution in [3.63, 3.8) is 0 Å². The Kier molecular flexibility index (Phi) is 5.61. The standard InChI is InChI=1S/C13H21F3N2O3/c1-9(4-6-17)2-3-10(19)18-7-5-12(8-18,11(20)21)13(14,15)16/h9H,2-8,17H2,1H3,(H,20,21). The maximum Gasteiger partial charge on any atom is 0.406 e. The molecule has 0 saturated carbocycles. The van der Waals surface area contributed by atoms with Crippen molar-refractivity contribution in [1.82, 2.24) is 4.90 Å². The van der Waals surface area contributed by atoms with Crippen LogP contribution in [-0.4, -0.2) is 47.7 Å². The van der Waals surface area contributed by atoms with Gasteiger partial charge in [-0.3, -0.25) is 9.59 Å². The quantitative estimate of drug-likeness (QED) is 0.781. The first-order chi connectivity index (χ1) is 9.64. The van der Waals surface area contributed by atoms with Crippen LogP contribution < -0.4 is 5.73 Å². The number of hydrogen-bond donors (Lipinski definition) is 2. The van der Waals surface area contributed by atoms with Crippen LogP contribution in [0.5, 0.6) is 0 Å². The Morgan fingerprint density at radius 1 is 1.38 bits per heavy atom.